The van der Waals surface area contributed by atoms with E-state index in [2.05, 4.69) is 0 Å². The highest BCUT2D eigenvalue weighted by Gasteiger charge is 2.85. The minimum absolute atomic E-state index is 0.185. The fraction of sp³-hybridized carbons (Fsp3) is 0.833. The molecule has 0 radical (unpaired) electrons. The van der Waals surface area contributed by atoms with E-state index < -0.39 is 66.4 Å². The smallest absolute Gasteiger partial charge is 0.300 e. The first kappa shape index (κ1) is 31.1. The van der Waals surface area contributed by atoms with Gasteiger partial charge in [-0.25, -0.2) is 0 Å². The Morgan fingerprint density at radius 3 is 1.24 bits per heavy atom. The van der Waals surface area contributed by atoms with Gasteiger partial charge in [-0.05, 0) is 6.92 Å². The van der Waals surface area contributed by atoms with Crippen LogP contribution in [0.15, 0.2) is 0 Å². The van der Waals surface area contributed by atoms with Gasteiger partial charge in [0.2, 0.25) is 5.78 Å². The van der Waals surface area contributed by atoms with Crippen LogP contribution in [-0.2, 0) is 19.1 Å². The number of carbonyl (C=O) groups is 2. The standard InChI is InChI=1S/C12H5F17O4/c1-3(30)2-4(31)5(13,8(17,18)19)32-12(28,29)7(16,10(23,24)25)33-11(26,27)6(14,15)9(20,21)22/h2H2,1H3. The second-order valence-corrected chi connectivity index (χ2v) is 5.80. The molecule has 0 saturated carbocycles. The summed E-state index contributed by atoms with van der Waals surface area (Å²) >= 11 is 0. The van der Waals surface area contributed by atoms with E-state index in [1.807, 2.05) is 0 Å². The quantitative estimate of drug-likeness (QED) is 0.293. The van der Waals surface area contributed by atoms with Crippen LogP contribution >= 0.6 is 0 Å². The van der Waals surface area contributed by atoms with E-state index in [0.29, 0.717) is 0 Å². The number of ketones is 2. The fourth-order valence-electron chi connectivity index (χ4n) is 1.54. The van der Waals surface area contributed by atoms with Crippen molar-refractivity contribution >= 4 is 11.6 Å². The van der Waals surface area contributed by atoms with Crippen molar-refractivity contribution in [1.29, 1.82) is 0 Å². The van der Waals surface area contributed by atoms with Gasteiger partial charge in [0.1, 0.15) is 5.78 Å². The lowest BCUT2D eigenvalue weighted by Crippen LogP contribution is -2.68. The molecule has 0 fully saturated rings. The first-order chi connectivity index (χ1) is 14.0. The monoisotopic (exact) mass is 536 g/mol. The zero-order valence-corrected chi connectivity index (χ0v) is 14.8. The minimum atomic E-state index is -8.07. The zero-order chi connectivity index (χ0) is 27.3. The molecule has 0 heterocycles. The van der Waals surface area contributed by atoms with Crippen LogP contribution in [0.25, 0.3) is 0 Å². The summed E-state index contributed by atoms with van der Waals surface area (Å²) in [7, 11) is 0. The molecule has 0 aromatic heterocycles. The predicted octanol–water partition coefficient (Wildman–Crippen LogP) is 5.41. The second kappa shape index (κ2) is 8.38. The Morgan fingerprint density at radius 1 is 0.576 bits per heavy atom. The molecule has 0 amide bonds. The summed E-state index contributed by atoms with van der Waals surface area (Å²) in [5, 5.41) is 0. The van der Waals surface area contributed by atoms with Crippen molar-refractivity contribution in [2.24, 2.45) is 0 Å². The Bertz CT molecular complexity index is 751. The number of hydrogen-bond donors (Lipinski definition) is 0. The van der Waals surface area contributed by atoms with Crippen LogP contribution < -0.4 is 0 Å². The molecule has 0 N–H and O–H groups in total. The van der Waals surface area contributed by atoms with E-state index >= 15 is 0 Å². The molecule has 0 aliphatic carbocycles. The van der Waals surface area contributed by atoms with Gasteiger partial charge in [0.15, 0.2) is 0 Å². The minimum Gasteiger partial charge on any atom is -0.300 e. The Kier molecular flexibility index (Phi) is 7.89. The summed E-state index contributed by atoms with van der Waals surface area (Å²) in [5.74, 6) is -28.1. The molecule has 0 rings (SSSR count). The summed E-state index contributed by atoms with van der Waals surface area (Å²) in [6.45, 7) is 0.185. The van der Waals surface area contributed by atoms with Crippen LogP contribution in [-0.4, -0.2) is 59.9 Å². The van der Waals surface area contributed by atoms with Gasteiger partial charge in [0, 0.05) is 0 Å². The van der Waals surface area contributed by atoms with Gasteiger partial charge in [-0.15, -0.1) is 0 Å². The maximum Gasteiger partial charge on any atom is 0.462 e. The Balaban J connectivity index is 6.76. The molecule has 2 atom stereocenters. The van der Waals surface area contributed by atoms with E-state index in [4.69, 9.17) is 0 Å². The highest BCUT2D eigenvalue weighted by Crippen LogP contribution is 2.56. The molecular formula is C12H5F17O4. The SMILES string of the molecule is CC(=O)CC(=O)C(F)(OC(F)(F)C(F)(OC(F)(F)C(F)(F)C(F)(F)F)C(F)(F)F)C(F)(F)F. The van der Waals surface area contributed by atoms with Crippen LogP contribution in [0.5, 0.6) is 0 Å². The summed E-state index contributed by atoms with van der Waals surface area (Å²) in [5.41, 5.74) is 0. The summed E-state index contributed by atoms with van der Waals surface area (Å²) in [6, 6.07) is 0. The number of ether oxygens (including phenoxy) is 2. The molecular weight excluding hydrogens is 531 g/mol. The first-order valence-corrected chi connectivity index (χ1v) is 7.14. The number of hydrogen-bond acceptors (Lipinski definition) is 4. The molecule has 0 spiro atoms. The summed E-state index contributed by atoms with van der Waals surface area (Å²) in [4.78, 5) is 21.7. The molecule has 33 heavy (non-hydrogen) atoms. The highest BCUT2D eigenvalue weighted by molar-refractivity contribution is 6.01. The summed E-state index contributed by atoms with van der Waals surface area (Å²) in [6.07, 6.45) is -41.0. The molecule has 0 aliphatic heterocycles. The Morgan fingerprint density at radius 2 is 0.970 bits per heavy atom. The third-order valence-electron chi connectivity index (χ3n) is 3.13. The number of halogens is 17. The molecule has 196 valence electrons. The first-order valence-electron chi connectivity index (χ1n) is 7.14. The third kappa shape index (κ3) is 5.60. The van der Waals surface area contributed by atoms with E-state index in [1.54, 1.807) is 4.74 Å². The topological polar surface area (TPSA) is 52.6 Å². The van der Waals surface area contributed by atoms with Crippen molar-refractivity contribution in [2.45, 2.75) is 61.7 Å². The van der Waals surface area contributed by atoms with Crippen molar-refractivity contribution in [2.75, 3.05) is 0 Å². The highest BCUT2D eigenvalue weighted by atomic mass is 19.4. The van der Waals surface area contributed by atoms with Gasteiger partial charge in [-0.1, -0.05) is 0 Å². The lowest BCUT2D eigenvalue weighted by atomic mass is 10.1. The normalized spacial score (nSPS) is 18.5. The average molecular weight is 536 g/mol. The van der Waals surface area contributed by atoms with Crippen molar-refractivity contribution in [3.05, 3.63) is 0 Å². The van der Waals surface area contributed by atoms with Crippen LogP contribution in [0.1, 0.15) is 13.3 Å². The second-order valence-electron chi connectivity index (χ2n) is 5.80. The van der Waals surface area contributed by atoms with Crippen molar-refractivity contribution in [1.82, 2.24) is 0 Å². The van der Waals surface area contributed by atoms with Crippen molar-refractivity contribution < 1.29 is 93.7 Å². The van der Waals surface area contributed by atoms with Gasteiger partial charge < -0.3 is 0 Å². The lowest BCUT2D eigenvalue weighted by Gasteiger charge is -2.40. The predicted molar refractivity (Wildman–Crippen MR) is 63.2 cm³/mol. The number of carbonyl (C=O) groups excluding carboxylic acids is 2. The van der Waals surface area contributed by atoms with Crippen LogP contribution in [0.2, 0.25) is 0 Å². The molecule has 2 unspecified atom stereocenters. The molecule has 21 heteroatoms. The zero-order valence-electron chi connectivity index (χ0n) is 14.8. The molecule has 0 aromatic carbocycles. The largest absolute Gasteiger partial charge is 0.462 e. The Hall–Kier alpha value is -1.93. The maximum atomic E-state index is 13.9. The van der Waals surface area contributed by atoms with Crippen LogP contribution in [0.4, 0.5) is 74.6 Å². The molecule has 0 bridgehead atoms. The van der Waals surface area contributed by atoms with Gasteiger partial charge in [-0.3, -0.25) is 19.1 Å². The van der Waals surface area contributed by atoms with Crippen LogP contribution in [0, 0.1) is 0 Å². The maximum absolute atomic E-state index is 13.9. The number of alkyl halides is 17. The molecule has 0 saturated heterocycles. The van der Waals surface area contributed by atoms with Gasteiger partial charge in [0.05, 0.1) is 6.42 Å². The summed E-state index contributed by atoms with van der Waals surface area (Å²) < 4.78 is 221. The van der Waals surface area contributed by atoms with Crippen molar-refractivity contribution in [3.8, 4) is 0 Å². The van der Waals surface area contributed by atoms with E-state index in [1.165, 1.54) is 4.74 Å². The fourth-order valence-corrected chi connectivity index (χ4v) is 1.54. The lowest BCUT2D eigenvalue weighted by molar-refractivity contribution is -0.548. The molecule has 4 nitrogen and oxygen atoms in total. The third-order valence-corrected chi connectivity index (χ3v) is 3.13. The Labute approximate surface area is 168 Å². The number of rotatable bonds is 9. The molecule has 0 aromatic rings. The van der Waals surface area contributed by atoms with Gasteiger partial charge >= 0.3 is 48.4 Å². The van der Waals surface area contributed by atoms with E-state index in [0.717, 1.165) is 0 Å². The van der Waals surface area contributed by atoms with Gasteiger partial charge in [0.25, 0.3) is 0 Å². The van der Waals surface area contributed by atoms with Crippen molar-refractivity contribution in [3.63, 3.8) is 0 Å². The average Bonchev–Trinajstić information content (AvgIpc) is 2.49. The van der Waals surface area contributed by atoms with E-state index in [9.17, 15) is 84.2 Å². The van der Waals surface area contributed by atoms with Crippen LogP contribution in [0.3, 0.4) is 0 Å². The van der Waals surface area contributed by atoms with E-state index in [-0.39, 0.29) is 6.92 Å². The molecule has 0 aliphatic rings. The number of Topliss-reactive ketones (excluding diaryl/α,β-unsaturated/α-hetero) is 2. The van der Waals surface area contributed by atoms with Gasteiger partial charge in [-0.2, -0.15) is 74.6 Å².